The van der Waals surface area contributed by atoms with Gasteiger partial charge in [-0.25, -0.2) is 0 Å². The number of ketones is 1. The van der Waals surface area contributed by atoms with Gasteiger partial charge >= 0.3 is 0 Å². The van der Waals surface area contributed by atoms with E-state index in [1.165, 1.54) is 28.7 Å². The quantitative estimate of drug-likeness (QED) is 0.418. The summed E-state index contributed by atoms with van der Waals surface area (Å²) in [7, 11) is 0. The molecule has 0 radical (unpaired) electrons. The first-order chi connectivity index (χ1) is 12.3. The Kier molecular flexibility index (Phi) is 5.48. The molecule has 26 heavy (non-hydrogen) atoms. The predicted molar refractivity (Wildman–Crippen MR) is 106 cm³/mol. The first-order valence-corrected chi connectivity index (χ1v) is 10.4. The van der Waals surface area contributed by atoms with Crippen LogP contribution in [0.3, 0.4) is 0 Å². The van der Waals surface area contributed by atoms with Crippen LogP contribution < -0.4 is 4.90 Å². The van der Waals surface area contributed by atoms with E-state index in [4.69, 9.17) is 0 Å². The monoisotopic (exact) mass is 389 g/mol. The van der Waals surface area contributed by atoms with E-state index in [1.54, 1.807) is 11.8 Å². The molecule has 0 aliphatic heterocycles. The second-order valence-corrected chi connectivity index (χ2v) is 9.39. The van der Waals surface area contributed by atoms with Crippen molar-refractivity contribution in [3.8, 4) is 0 Å². The summed E-state index contributed by atoms with van der Waals surface area (Å²) in [5, 5.41) is 8.72. The molecule has 7 heteroatoms. The Morgan fingerprint density at radius 2 is 1.81 bits per heavy atom. The Morgan fingerprint density at radius 3 is 2.42 bits per heavy atom. The van der Waals surface area contributed by atoms with E-state index in [-0.39, 0.29) is 23.0 Å². The lowest BCUT2D eigenvalue weighted by atomic mass is 9.97. The third-order valence-corrected chi connectivity index (χ3v) is 6.71. The van der Waals surface area contributed by atoms with Crippen molar-refractivity contribution in [1.82, 2.24) is 10.2 Å². The molecule has 1 aliphatic rings. The highest BCUT2D eigenvalue weighted by Gasteiger charge is 2.34. The van der Waals surface area contributed by atoms with Gasteiger partial charge in [0, 0.05) is 18.5 Å². The third-order valence-electron chi connectivity index (χ3n) is 4.61. The Bertz CT molecular complexity index is 858. The zero-order valence-corrected chi connectivity index (χ0v) is 17.3. The molecule has 1 heterocycles. The number of aryl methyl sites for hydroxylation is 3. The van der Waals surface area contributed by atoms with Gasteiger partial charge in [0.1, 0.15) is 0 Å². The molecule has 1 aromatic heterocycles. The van der Waals surface area contributed by atoms with Gasteiger partial charge in [-0.05, 0) is 63.3 Å². The van der Waals surface area contributed by atoms with E-state index in [0.29, 0.717) is 9.47 Å². The van der Waals surface area contributed by atoms with Crippen molar-refractivity contribution < 1.29 is 9.59 Å². The Labute approximate surface area is 162 Å². The normalized spacial score (nSPS) is 15.0. The summed E-state index contributed by atoms with van der Waals surface area (Å²) in [6, 6.07) is 4.29. The Hall–Kier alpha value is -1.73. The van der Waals surface area contributed by atoms with Crippen molar-refractivity contribution >= 4 is 39.9 Å². The number of hydrogen-bond acceptors (Lipinski definition) is 6. The van der Waals surface area contributed by atoms with Gasteiger partial charge in [-0.15, -0.1) is 10.2 Å². The number of carbonyl (C=O) groups is 2. The summed E-state index contributed by atoms with van der Waals surface area (Å²) in [5.74, 6) is 0.0908. The lowest BCUT2D eigenvalue weighted by molar-refractivity contribution is -0.116. The van der Waals surface area contributed by atoms with E-state index in [9.17, 15) is 9.59 Å². The largest absolute Gasteiger partial charge is 0.293 e. The molecule has 1 aliphatic carbocycles. The fraction of sp³-hybridized carbons (Fsp3) is 0.474. The molecule has 1 aromatic carbocycles. The van der Waals surface area contributed by atoms with E-state index in [2.05, 4.69) is 23.2 Å². The van der Waals surface area contributed by atoms with Gasteiger partial charge in [0.15, 0.2) is 10.1 Å². The van der Waals surface area contributed by atoms with Crippen LogP contribution in [-0.4, -0.2) is 33.2 Å². The Morgan fingerprint density at radius 1 is 1.15 bits per heavy atom. The number of anilines is 1. The van der Waals surface area contributed by atoms with Gasteiger partial charge in [0.25, 0.3) is 0 Å². The molecule has 5 nitrogen and oxygen atoms in total. The van der Waals surface area contributed by atoms with Crippen LogP contribution in [0.25, 0.3) is 0 Å². The van der Waals surface area contributed by atoms with Crippen LogP contribution in [0.2, 0.25) is 0 Å². The van der Waals surface area contributed by atoms with Crippen LogP contribution in [0.15, 0.2) is 16.5 Å². The molecule has 138 valence electrons. The highest BCUT2D eigenvalue weighted by atomic mass is 32.2. The average Bonchev–Trinajstić information content (AvgIpc) is 3.29. The van der Waals surface area contributed by atoms with Crippen molar-refractivity contribution in [1.29, 1.82) is 0 Å². The summed E-state index contributed by atoms with van der Waals surface area (Å²) in [5.41, 5.74) is 4.08. The standard InChI is InChI=1S/C19H23N3O2S2/c1-10-8-12(3)16(9-11(10)2)17(24)13(4)25-19-21-20-18(26-19)22(14(5)23)15-6-7-15/h8-9,13,15H,6-7H2,1-5H3. The van der Waals surface area contributed by atoms with Crippen LogP contribution in [0, 0.1) is 20.8 Å². The van der Waals surface area contributed by atoms with Gasteiger partial charge in [0.2, 0.25) is 11.0 Å². The Balaban J connectivity index is 1.74. The van der Waals surface area contributed by atoms with Crippen molar-refractivity contribution in [3.63, 3.8) is 0 Å². The third kappa shape index (κ3) is 3.99. The van der Waals surface area contributed by atoms with Gasteiger partial charge in [-0.2, -0.15) is 0 Å². The molecule has 1 unspecified atom stereocenters. The lowest BCUT2D eigenvalue weighted by Gasteiger charge is -2.15. The molecule has 1 fully saturated rings. The summed E-state index contributed by atoms with van der Waals surface area (Å²) in [6.45, 7) is 9.50. The topological polar surface area (TPSA) is 63.2 Å². The number of Topliss-reactive ketones (excluding diaryl/α,β-unsaturated/α-hetero) is 1. The number of rotatable bonds is 6. The molecule has 1 amide bonds. The summed E-state index contributed by atoms with van der Waals surface area (Å²) < 4.78 is 0.717. The first-order valence-electron chi connectivity index (χ1n) is 8.70. The molecule has 0 spiro atoms. The molecule has 0 N–H and O–H groups in total. The molecule has 1 saturated carbocycles. The molecule has 2 aromatic rings. The van der Waals surface area contributed by atoms with Crippen LogP contribution in [0.1, 0.15) is 53.7 Å². The SMILES string of the molecule is CC(=O)N(c1nnc(SC(C)C(=O)c2cc(C)c(C)cc2C)s1)C1CC1. The maximum absolute atomic E-state index is 12.9. The van der Waals surface area contributed by atoms with E-state index >= 15 is 0 Å². The predicted octanol–water partition coefficient (Wildman–Crippen LogP) is 4.34. The molecule has 3 rings (SSSR count). The molecular formula is C19H23N3O2S2. The van der Waals surface area contributed by atoms with Gasteiger partial charge in [-0.3, -0.25) is 14.5 Å². The second-order valence-electron chi connectivity index (χ2n) is 6.85. The minimum Gasteiger partial charge on any atom is -0.293 e. The first kappa shape index (κ1) is 19.0. The minimum absolute atomic E-state index is 0.00456. The van der Waals surface area contributed by atoms with E-state index in [1.807, 2.05) is 26.8 Å². The number of hydrogen-bond donors (Lipinski definition) is 0. The van der Waals surface area contributed by atoms with Crippen LogP contribution in [-0.2, 0) is 4.79 Å². The number of nitrogens with zero attached hydrogens (tertiary/aromatic N) is 3. The molecular weight excluding hydrogens is 366 g/mol. The van der Waals surface area contributed by atoms with Crippen LogP contribution in [0.5, 0.6) is 0 Å². The lowest BCUT2D eigenvalue weighted by Crippen LogP contribution is -2.30. The molecule has 1 atom stereocenters. The maximum atomic E-state index is 12.9. The van der Waals surface area contributed by atoms with Gasteiger partial charge in [0.05, 0.1) is 5.25 Å². The number of benzene rings is 1. The van der Waals surface area contributed by atoms with Gasteiger partial charge < -0.3 is 0 Å². The van der Waals surface area contributed by atoms with Gasteiger partial charge in [-0.1, -0.05) is 29.2 Å². The highest BCUT2D eigenvalue weighted by Crippen LogP contribution is 2.37. The highest BCUT2D eigenvalue weighted by molar-refractivity contribution is 8.02. The fourth-order valence-corrected chi connectivity index (χ4v) is 5.05. The summed E-state index contributed by atoms with van der Waals surface area (Å²) >= 11 is 2.79. The van der Waals surface area contributed by atoms with Crippen LogP contribution in [0.4, 0.5) is 5.13 Å². The zero-order chi connectivity index (χ0) is 19.0. The number of amides is 1. The molecule has 0 saturated heterocycles. The zero-order valence-electron chi connectivity index (χ0n) is 15.7. The van der Waals surface area contributed by atoms with Crippen molar-refractivity contribution in [2.45, 2.75) is 63.1 Å². The van der Waals surface area contributed by atoms with Crippen molar-refractivity contribution in [2.75, 3.05) is 4.90 Å². The van der Waals surface area contributed by atoms with Crippen molar-refractivity contribution in [3.05, 3.63) is 34.4 Å². The smallest absolute Gasteiger partial charge is 0.225 e. The number of thioether (sulfide) groups is 1. The molecule has 0 bridgehead atoms. The number of carbonyl (C=O) groups excluding carboxylic acids is 2. The maximum Gasteiger partial charge on any atom is 0.225 e. The van der Waals surface area contributed by atoms with Crippen LogP contribution >= 0.6 is 23.1 Å². The second kappa shape index (κ2) is 7.48. The summed E-state index contributed by atoms with van der Waals surface area (Å²) in [6.07, 6.45) is 2.03. The number of aromatic nitrogens is 2. The van der Waals surface area contributed by atoms with E-state index in [0.717, 1.165) is 29.5 Å². The van der Waals surface area contributed by atoms with Crippen molar-refractivity contribution in [2.24, 2.45) is 0 Å². The fourth-order valence-electron chi connectivity index (χ4n) is 2.88. The average molecular weight is 390 g/mol. The summed E-state index contributed by atoms with van der Waals surface area (Å²) in [4.78, 5) is 26.4. The van der Waals surface area contributed by atoms with E-state index < -0.39 is 0 Å². The minimum atomic E-state index is -0.261.